The summed E-state index contributed by atoms with van der Waals surface area (Å²) in [6.45, 7) is 4.86. The number of aliphatic carboxylic acids is 1. The average molecular weight is 257 g/mol. The molecule has 1 N–H and O–H groups in total. The third kappa shape index (κ3) is 4.29. The smallest absolute Gasteiger partial charge is 0.303 e. The molecule has 1 rings (SSSR count). The Hall–Kier alpha value is -1.10. The molecule has 0 aliphatic carbocycles. The first-order valence-corrected chi connectivity index (χ1v) is 6.70. The van der Waals surface area contributed by atoms with Crippen LogP contribution in [0.15, 0.2) is 0 Å². The molecule has 0 aromatic rings. The van der Waals surface area contributed by atoms with E-state index in [0.29, 0.717) is 13.0 Å². The normalized spacial score (nSPS) is 21.7. The van der Waals surface area contributed by atoms with Gasteiger partial charge in [0.15, 0.2) is 0 Å². The molecular weight excluding hydrogens is 234 g/mol. The Balaban J connectivity index is 2.57. The lowest BCUT2D eigenvalue weighted by atomic mass is 9.97. The topological polar surface area (TPSA) is 66.8 Å². The second-order valence-corrected chi connectivity index (χ2v) is 4.71. The third-order valence-electron chi connectivity index (χ3n) is 3.37. The van der Waals surface area contributed by atoms with E-state index < -0.39 is 12.1 Å². The second kappa shape index (κ2) is 7.36. The van der Waals surface area contributed by atoms with Gasteiger partial charge in [-0.2, -0.15) is 0 Å². The van der Waals surface area contributed by atoms with Crippen LogP contribution in [0.25, 0.3) is 0 Å². The predicted octanol–water partition coefficient (Wildman–Crippen LogP) is 1.66. The van der Waals surface area contributed by atoms with Crippen LogP contribution in [0.1, 0.15) is 46.0 Å². The van der Waals surface area contributed by atoms with Crippen molar-refractivity contribution >= 4 is 11.9 Å². The summed E-state index contributed by atoms with van der Waals surface area (Å²) in [5.41, 5.74) is 0. The van der Waals surface area contributed by atoms with Gasteiger partial charge in [0.2, 0.25) is 0 Å². The molecule has 0 unspecified atom stereocenters. The number of carbonyl (C=O) groups is 2. The first kappa shape index (κ1) is 15.0. The van der Waals surface area contributed by atoms with Gasteiger partial charge in [-0.1, -0.05) is 0 Å². The van der Waals surface area contributed by atoms with E-state index in [-0.39, 0.29) is 18.4 Å². The number of amides is 1. The molecule has 5 nitrogen and oxygen atoms in total. The standard InChI is InChI=1S/C13H23NO4/c1-3-18-10(2)13(17)14-9-5-4-6-11(14)7-8-12(15)16/h10-11H,3-9H2,1-2H3,(H,15,16)/t10-,11+/m1/s1. The molecule has 2 atom stereocenters. The molecule has 0 spiro atoms. The van der Waals surface area contributed by atoms with Gasteiger partial charge in [-0.3, -0.25) is 9.59 Å². The molecule has 104 valence electrons. The number of rotatable bonds is 6. The van der Waals surface area contributed by atoms with Crippen molar-refractivity contribution in [2.24, 2.45) is 0 Å². The zero-order valence-corrected chi connectivity index (χ0v) is 11.2. The van der Waals surface area contributed by atoms with Crippen LogP contribution < -0.4 is 0 Å². The molecule has 1 fully saturated rings. The van der Waals surface area contributed by atoms with E-state index in [1.165, 1.54) is 0 Å². The lowest BCUT2D eigenvalue weighted by Gasteiger charge is -2.37. The summed E-state index contributed by atoms with van der Waals surface area (Å²) >= 11 is 0. The zero-order valence-electron chi connectivity index (χ0n) is 11.2. The fraction of sp³-hybridized carbons (Fsp3) is 0.846. The van der Waals surface area contributed by atoms with Crippen LogP contribution >= 0.6 is 0 Å². The van der Waals surface area contributed by atoms with Crippen LogP contribution in [0.2, 0.25) is 0 Å². The number of carboxylic acids is 1. The largest absolute Gasteiger partial charge is 0.481 e. The summed E-state index contributed by atoms with van der Waals surface area (Å²) in [4.78, 5) is 24.6. The predicted molar refractivity (Wildman–Crippen MR) is 67.3 cm³/mol. The van der Waals surface area contributed by atoms with Gasteiger partial charge in [0.25, 0.3) is 5.91 Å². The minimum absolute atomic E-state index is 0.00746. The number of carbonyl (C=O) groups excluding carboxylic acids is 1. The van der Waals surface area contributed by atoms with Crippen LogP contribution in [0, 0.1) is 0 Å². The maximum atomic E-state index is 12.2. The summed E-state index contributed by atoms with van der Waals surface area (Å²) in [5, 5.41) is 8.73. The molecule has 0 aromatic heterocycles. The quantitative estimate of drug-likeness (QED) is 0.785. The summed E-state index contributed by atoms with van der Waals surface area (Å²) in [6.07, 6.45) is 3.20. The van der Waals surface area contributed by atoms with E-state index >= 15 is 0 Å². The SMILES string of the molecule is CCO[C@H](C)C(=O)N1CCCC[C@H]1CCC(=O)O. The minimum Gasteiger partial charge on any atom is -0.481 e. The van der Waals surface area contributed by atoms with Crippen molar-refractivity contribution in [1.82, 2.24) is 4.90 Å². The van der Waals surface area contributed by atoms with Crippen LogP contribution in [0.5, 0.6) is 0 Å². The van der Waals surface area contributed by atoms with E-state index in [2.05, 4.69) is 0 Å². The minimum atomic E-state index is -0.800. The van der Waals surface area contributed by atoms with Crippen molar-refractivity contribution in [3.8, 4) is 0 Å². The van der Waals surface area contributed by atoms with Crippen molar-refractivity contribution in [1.29, 1.82) is 0 Å². The highest BCUT2D eigenvalue weighted by molar-refractivity contribution is 5.81. The van der Waals surface area contributed by atoms with E-state index in [1.54, 1.807) is 6.92 Å². The molecule has 1 heterocycles. The second-order valence-electron chi connectivity index (χ2n) is 4.71. The van der Waals surface area contributed by atoms with Gasteiger partial charge in [-0.25, -0.2) is 0 Å². The molecule has 0 saturated carbocycles. The number of nitrogens with zero attached hydrogens (tertiary/aromatic N) is 1. The Morgan fingerprint density at radius 3 is 2.78 bits per heavy atom. The van der Waals surface area contributed by atoms with Gasteiger partial charge >= 0.3 is 5.97 Å². The first-order chi connectivity index (χ1) is 8.56. The fourth-order valence-corrected chi connectivity index (χ4v) is 2.44. The lowest BCUT2D eigenvalue weighted by Crippen LogP contribution is -2.48. The summed E-state index contributed by atoms with van der Waals surface area (Å²) in [6, 6.07) is 0.0604. The van der Waals surface area contributed by atoms with Gasteiger partial charge in [0.1, 0.15) is 6.10 Å². The van der Waals surface area contributed by atoms with Gasteiger partial charge in [-0.15, -0.1) is 0 Å². The number of piperidine rings is 1. The number of likely N-dealkylation sites (tertiary alicyclic amines) is 1. The number of hydrogen-bond donors (Lipinski definition) is 1. The molecular formula is C13H23NO4. The highest BCUT2D eigenvalue weighted by Gasteiger charge is 2.29. The van der Waals surface area contributed by atoms with Gasteiger partial charge < -0.3 is 14.7 Å². The van der Waals surface area contributed by atoms with E-state index in [0.717, 1.165) is 25.8 Å². The van der Waals surface area contributed by atoms with Gasteiger partial charge in [0, 0.05) is 25.6 Å². The van der Waals surface area contributed by atoms with Gasteiger partial charge in [0.05, 0.1) is 0 Å². The Kier molecular flexibility index (Phi) is 6.12. The molecule has 18 heavy (non-hydrogen) atoms. The Morgan fingerprint density at radius 1 is 1.44 bits per heavy atom. The molecule has 1 amide bonds. The summed E-state index contributed by atoms with van der Waals surface area (Å²) in [7, 11) is 0. The summed E-state index contributed by atoms with van der Waals surface area (Å²) in [5.74, 6) is -0.808. The van der Waals surface area contributed by atoms with Crippen molar-refractivity contribution < 1.29 is 19.4 Å². The molecule has 1 aliphatic rings. The van der Waals surface area contributed by atoms with Crippen molar-refractivity contribution in [3.63, 3.8) is 0 Å². The van der Waals surface area contributed by atoms with Crippen molar-refractivity contribution in [2.45, 2.75) is 58.1 Å². The fourth-order valence-electron chi connectivity index (χ4n) is 2.44. The van der Waals surface area contributed by atoms with E-state index in [4.69, 9.17) is 9.84 Å². The molecule has 5 heteroatoms. The highest BCUT2D eigenvalue weighted by Crippen LogP contribution is 2.22. The molecule has 1 saturated heterocycles. The van der Waals surface area contributed by atoms with E-state index in [9.17, 15) is 9.59 Å². The maximum Gasteiger partial charge on any atom is 0.303 e. The molecule has 0 aromatic carbocycles. The van der Waals surface area contributed by atoms with Crippen molar-refractivity contribution in [3.05, 3.63) is 0 Å². The van der Waals surface area contributed by atoms with Gasteiger partial charge in [-0.05, 0) is 39.5 Å². The number of hydrogen-bond acceptors (Lipinski definition) is 3. The molecule has 0 bridgehead atoms. The first-order valence-electron chi connectivity index (χ1n) is 6.70. The zero-order chi connectivity index (χ0) is 13.5. The van der Waals surface area contributed by atoms with Crippen LogP contribution in [0.4, 0.5) is 0 Å². The number of carboxylic acid groups (broad SMARTS) is 1. The van der Waals surface area contributed by atoms with Crippen LogP contribution in [0.3, 0.4) is 0 Å². The Labute approximate surface area is 108 Å². The van der Waals surface area contributed by atoms with Crippen molar-refractivity contribution in [2.75, 3.05) is 13.2 Å². The lowest BCUT2D eigenvalue weighted by molar-refractivity contribution is -0.147. The van der Waals surface area contributed by atoms with E-state index in [1.807, 2.05) is 11.8 Å². The Bertz CT molecular complexity index is 293. The van der Waals surface area contributed by atoms with Crippen LogP contribution in [-0.2, 0) is 14.3 Å². The summed E-state index contributed by atoms with van der Waals surface area (Å²) < 4.78 is 5.32. The maximum absolute atomic E-state index is 12.2. The molecule has 1 aliphatic heterocycles. The average Bonchev–Trinajstić information content (AvgIpc) is 2.36. The molecule has 0 radical (unpaired) electrons. The van der Waals surface area contributed by atoms with Crippen LogP contribution in [-0.4, -0.2) is 47.2 Å². The monoisotopic (exact) mass is 257 g/mol. The number of ether oxygens (including phenoxy) is 1. The Morgan fingerprint density at radius 2 is 2.17 bits per heavy atom. The highest BCUT2D eigenvalue weighted by atomic mass is 16.5. The third-order valence-corrected chi connectivity index (χ3v) is 3.37.